The highest BCUT2D eigenvalue weighted by atomic mass is 16.2. The van der Waals surface area contributed by atoms with Crippen molar-refractivity contribution >= 4 is 11.8 Å². The molecule has 1 atom stereocenters. The first kappa shape index (κ1) is 7.58. The topological polar surface area (TPSA) is 49.4 Å². The Bertz CT molecular complexity index is 235. The monoisotopic (exact) mass is 168 g/mol. The first-order chi connectivity index (χ1) is 5.70. The van der Waals surface area contributed by atoms with Crippen LogP contribution in [-0.2, 0) is 9.59 Å². The molecule has 66 valence electrons. The van der Waals surface area contributed by atoms with Gasteiger partial charge in [-0.3, -0.25) is 9.59 Å². The summed E-state index contributed by atoms with van der Waals surface area (Å²) in [4.78, 5) is 24.2. The Labute approximate surface area is 70.9 Å². The van der Waals surface area contributed by atoms with Gasteiger partial charge < -0.3 is 10.2 Å². The largest absolute Gasteiger partial charge is 0.345 e. The third-order valence-corrected chi connectivity index (χ3v) is 2.44. The van der Waals surface area contributed by atoms with E-state index in [-0.39, 0.29) is 24.4 Å². The summed E-state index contributed by atoms with van der Waals surface area (Å²) >= 11 is 0. The maximum Gasteiger partial charge on any atom is 0.242 e. The number of carbonyl (C=O) groups is 2. The fourth-order valence-corrected chi connectivity index (χ4v) is 1.62. The summed E-state index contributed by atoms with van der Waals surface area (Å²) in [6, 6.07) is 0.0808. The maximum absolute atomic E-state index is 11.3. The number of hydrogen-bond donors (Lipinski definition) is 1. The summed E-state index contributed by atoms with van der Waals surface area (Å²) in [5.74, 6) is 0.0334. The van der Waals surface area contributed by atoms with Gasteiger partial charge in [-0.2, -0.15) is 0 Å². The van der Waals surface area contributed by atoms with Gasteiger partial charge in [0, 0.05) is 6.04 Å². The second-order valence-corrected chi connectivity index (χ2v) is 3.43. The van der Waals surface area contributed by atoms with Crippen LogP contribution in [0.1, 0.15) is 19.8 Å². The van der Waals surface area contributed by atoms with Crippen molar-refractivity contribution in [3.63, 3.8) is 0 Å². The summed E-state index contributed by atoms with van der Waals surface area (Å²) < 4.78 is 0. The van der Waals surface area contributed by atoms with Crippen LogP contribution >= 0.6 is 0 Å². The van der Waals surface area contributed by atoms with Gasteiger partial charge in [0.2, 0.25) is 11.8 Å². The van der Waals surface area contributed by atoms with E-state index in [0.29, 0.717) is 6.04 Å². The minimum absolute atomic E-state index is 0.0264. The van der Waals surface area contributed by atoms with E-state index in [1.807, 2.05) is 0 Å². The standard InChI is InChI=1S/C8H12N2O2/c1-5-8(12)9-4-7(11)10(5)6-2-3-6/h5-6H,2-4H2,1H3,(H,9,12). The predicted molar refractivity (Wildman–Crippen MR) is 42.3 cm³/mol. The third-order valence-electron chi connectivity index (χ3n) is 2.44. The van der Waals surface area contributed by atoms with E-state index >= 15 is 0 Å². The Kier molecular flexibility index (Phi) is 1.56. The fraction of sp³-hybridized carbons (Fsp3) is 0.750. The first-order valence-electron chi connectivity index (χ1n) is 4.29. The van der Waals surface area contributed by atoms with E-state index in [9.17, 15) is 9.59 Å². The molecule has 0 bridgehead atoms. The zero-order chi connectivity index (χ0) is 8.72. The van der Waals surface area contributed by atoms with Crippen molar-refractivity contribution in [3.05, 3.63) is 0 Å². The molecule has 2 fully saturated rings. The number of nitrogens with zero attached hydrogens (tertiary/aromatic N) is 1. The molecule has 2 rings (SSSR count). The van der Waals surface area contributed by atoms with Gasteiger partial charge in [-0.1, -0.05) is 0 Å². The summed E-state index contributed by atoms with van der Waals surface area (Å²) in [7, 11) is 0. The number of nitrogens with one attached hydrogen (secondary N) is 1. The zero-order valence-corrected chi connectivity index (χ0v) is 7.04. The third kappa shape index (κ3) is 1.07. The van der Waals surface area contributed by atoms with E-state index in [2.05, 4.69) is 5.32 Å². The molecular formula is C8H12N2O2. The molecule has 0 aromatic rings. The lowest BCUT2D eigenvalue weighted by Gasteiger charge is -2.32. The van der Waals surface area contributed by atoms with Crippen LogP contribution in [0, 0.1) is 0 Å². The lowest BCUT2D eigenvalue weighted by molar-refractivity contribution is -0.145. The molecule has 4 heteroatoms. The highest BCUT2D eigenvalue weighted by molar-refractivity contribution is 5.94. The Morgan fingerprint density at radius 1 is 1.42 bits per heavy atom. The smallest absolute Gasteiger partial charge is 0.242 e. The fourth-order valence-electron chi connectivity index (χ4n) is 1.62. The normalized spacial score (nSPS) is 30.4. The molecule has 2 aliphatic rings. The summed E-state index contributed by atoms with van der Waals surface area (Å²) in [6.45, 7) is 1.96. The lowest BCUT2D eigenvalue weighted by Crippen LogP contribution is -2.57. The molecule has 12 heavy (non-hydrogen) atoms. The first-order valence-corrected chi connectivity index (χ1v) is 4.29. The van der Waals surface area contributed by atoms with E-state index in [0.717, 1.165) is 12.8 Å². The molecule has 0 spiro atoms. The zero-order valence-electron chi connectivity index (χ0n) is 7.04. The van der Waals surface area contributed by atoms with Crippen LogP contribution < -0.4 is 5.32 Å². The van der Waals surface area contributed by atoms with Crippen LogP contribution in [0.2, 0.25) is 0 Å². The Balaban J connectivity index is 2.14. The molecule has 1 saturated heterocycles. The second-order valence-electron chi connectivity index (χ2n) is 3.43. The van der Waals surface area contributed by atoms with Crippen LogP contribution in [0.3, 0.4) is 0 Å². The lowest BCUT2D eigenvalue weighted by atomic mass is 10.2. The quantitative estimate of drug-likeness (QED) is 0.573. The minimum Gasteiger partial charge on any atom is -0.345 e. The number of piperazine rings is 1. The summed E-state index contributed by atoms with van der Waals surface area (Å²) in [5, 5.41) is 2.56. The van der Waals surface area contributed by atoms with Gasteiger partial charge in [0.1, 0.15) is 6.04 Å². The Hall–Kier alpha value is -1.06. The number of hydrogen-bond acceptors (Lipinski definition) is 2. The van der Waals surface area contributed by atoms with Gasteiger partial charge >= 0.3 is 0 Å². The minimum atomic E-state index is -0.265. The molecule has 2 amide bonds. The molecule has 4 nitrogen and oxygen atoms in total. The molecule has 1 heterocycles. The molecular weight excluding hydrogens is 156 g/mol. The van der Waals surface area contributed by atoms with Gasteiger partial charge in [0.05, 0.1) is 6.54 Å². The summed E-state index contributed by atoms with van der Waals surface area (Å²) in [5.41, 5.74) is 0. The molecule has 0 aromatic heterocycles. The van der Waals surface area contributed by atoms with Crippen LogP contribution in [-0.4, -0.2) is 35.3 Å². The van der Waals surface area contributed by atoms with Crippen molar-refractivity contribution in [1.82, 2.24) is 10.2 Å². The van der Waals surface area contributed by atoms with Crippen molar-refractivity contribution in [2.75, 3.05) is 6.54 Å². The highest BCUT2D eigenvalue weighted by Crippen LogP contribution is 2.29. The molecule has 1 unspecified atom stereocenters. The van der Waals surface area contributed by atoms with Crippen molar-refractivity contribution < 1.29 is 9.59 Å². The van der Waals surface area contributed by atoms with Gasteiger partial charge in [-0.15, -0.1) is 0 Å². The highest BCUT2D eigenvalue weighted by Gasteiger charge is 2.40. The number of amides is 2. The average Bonchev–Trinajstić information content (AvgIpc) is 2.81. The van der Waals surface area contributed by atoms with E-state index in [4.69, 9.17) is 0 Å². The van der Waals surface area contributed by atoms with Crippen molar-refractivity contribution in [2.45, 2.75) is 31.8 Å². The van der Waals surface area contributed by atoms with Crippen LogP contribution in [0.15, 0.2) is 0 Å². The van der Waals surface area contributed by atoms with Crippen LogP contribution in [0.5, 0.6) is 0 Å². The van der Waals surface area contributed by atoms with Crippen LogP contribution in [0.25, 0.3) is 0 Å². The van der Waals surface area contributed by atoms with Gasteiger partial charge in [0.25, 0.3) is 0 Å². The number of rotatable bonds is 1. The van der Waals surface area contributed by atoms with Crippen molar-refractivity contribution in [1.29, 1.82) is 0 Å². The Morgan fingerprint density at radius 3 is 2.67 bits per heavy atom. The molecule has 1 aliphatic carbocycles. The maximum atomic E-state index is 11.3. The molecule has 1 aliphatic heterocycles. The predicted octanol–water partition coefficient (Wildman–Crippen LogP) is -0.504. The summed E-state index contributed by atoms with van der Waals surface area (Å²) in [6.07, 6.45) is 2.12. The van der Waals surface area contributed by atoms with E-state index in [1.165, 1.54) is 0 Å². The molecule has 0 aromatic carbocycles. The number of carbonyl (C=O) groups excluding carboxylic acids is 2. The van der Waals surface area contributed by atoms with Crippen molar-refractivity contribution in [3.8, 4) is 0 Å². The molecule has 1 saturated carbocycles. The molecule has 1 N–H and O–H groups in total. The second kappa shape index (κ2) is 2.47. The van der Waals surface area contributed by atoms with Crippen LogP contribution in [0.4, 0.5) is 0 Å². The van der Waals surface area contributed by atoms with Gasteiger partial charge in [0.15, 0.2) is 0 Å². The van der Waals surface area contributed by atoms with Gasteiger partial charge in [-0.25, -0.2) is 0 Å². The van der Waals surface area contributed by atoms with Gasteiger partial charge in [-0.05, 0) is 19.8 Å². The Morgan fingerprint density at radius 2 is 2.08 bits per heavy atom. The average molecular weight is 168 g/mol. The SMILES string of the molecule is CC1C(=O)NCC(=O)N1C1CC1. The van der Waals surface area contributed by atoms with E-state index in [1.54, 1.807) is 11.8 Å². The molecule has 0 radical (unpaired) electrons. The van der Waals surface area contributed by atoms with Crippen molar-refractivity contribution in [2.24, 2.45) is 0 Å². The van der Waals surface area contributed by atoms with E-state index < -0.39 is 0 Å².